The van der Waals surface area contributed by atoms with Crippen LogP contribution in [0.25, 0.3) is 0 Å². The van der Waals surface area contributed by atoms with Crippen molar-refractivity contribution in [1.29, 1.82) is 0 Å². The Morgan fingerprint density at radius 1 is 1.53 bits per heavy atom. The maximum atomic E-state index is 13.1. The zero-order valence-electron chi connectivity index (χ0n) is 8.49. The molecule has 0 radical (unpaired) electrons. The number of hydrogen-bond acceptors (Lipinski definition) is 3. The van der Waals surface area contributed by atoms with Crippen LogP contribution in [-0.2, 0) is 4.79 Å². The van der Waals surface area contributed by atoms with Gasteiger partial charge in [-0.1, -0.05) is 0 Å². The predicted octanol–water partition coefficient (Wildman–Crippen LogP) is -0.475. The normalized spacial score (nSPS) is 30.9. The van der Waals surface area contributed by atoms with Gasteiger partial charge in [-0.3, -0.25) is 4.79 Å². The molecule has 2 heterocycles. The summed E-state index contributed by atoms with van der Waals surface area (Å²) in [6.07, 6.45) is -0.483. The molecule has 2 fully saturated rings. The Morgan fingerprint density at radius 2 is 2.20 bits per heavy atom. The number of rotatable bonds is 2. The molecule has 0 aromatic carbocycles. The molecule has 0 aliphatic carbocycles. The predicted molar refractivity (Wildman–Crippen MR) is 57.7 cm³/mol. The largest absolute Gasteiger partial charge is 0.335 e. The number of carbonyl (C=O) groups is 1. The van der Waals surface area contributed by atoms with Gasteiger partial charge in [0.05, 0.1) is 12.5 Å². The van der Waals surface area contributed by atoms with E-state index in [4.69, 9.17) is 5.73 Å². The SMILES string of the molecule is Cl.NC[C@@H]1C[C@H](F)CN1C(=O)C1CNC1. The molecule has 4 nitrogen and oxygen atoms in total. The number of carbonyl (C=O) groups excluding carboxylic acids is 1. The second-order valence-electron chi connectivity index (χ2n) is 4.07. The number of nitrogens with one attached hydrogen (secondary N) is 1. The van der Waals surface area contributed by atoms with Crippen LogP contribution in [-0.4, -0.2) is 49.2 Å². The van der Waals surface area contributed by atoms with Crippen LogP contribution >= 0.6 is 12.4 Å². The van der Waals surface area contributed by atoms with Gasteiger partial charge in [0.15, 0.2) is 0 Å². The van der Waals surface area contributed by atoms with Gasteiger partial charge in [0, 0.05) is 32.1 Å². The highest BCUT2D eigenvalue weighted by atomic mass is 35.5. The number of hydrogen-bond donors (Lipinski definition) is 2. The summed E-state index contributed by atoms with van der Waals surface area (Å²) in [6.45, 7) is 2.05. The van der Waals surface area contributed by atoms with Crippen LogP contribution in [0.3, 0.4) is 0 Å². The first-order valence-electron chi connectivity index (χ1n) is 5.07. The van der Waals surface area contributed by atoms with E-state index in [0.29, 0.717) is 13.0 Å². The number of halogens is 2. The number of likely N-dealkylation sites (tertiary alicyclic amines) is 1. The van der Waals surface area contributed by atoms with E-state index < -0.39 is 6.17 Å². The van der Waals surface area contributed by atoms with Crippen LogP contribution < -0.4 is 11.1 Å². The van der Waals surface area contributed by atoms with E-state index in [-0.39, 0.29) is 36.8 Å². The van der Waals surface area contributed by atoms with E-state index in [2.05, 4.69) is 5.32 Å². The summed E-state index contributed by atoms with van der Waals surface area (Å²) in [5.74, 6) is 0.119. The van der Waals surface area contributed by atoms with Crippen molar-refractivity contribution in [3.63, 3.8) is 0 Å². The molecule has 2 aliphatic rings. The minimum absolute atomic E-state index is 0. The molecule has 0 bridgehead atoms. The Hall–Kier alpha value is -0.390. The number of alkyl halides is 1. The first-order chi connectivity index (χ1) is 6.72. The van der Waals surface area contributed by atoms with Crippen molar-refractivity contribution in [2.45, 2.75) is 18.6 Å². The Bertz CT molecular complexity index is 237. The minimum atomic E-state index is -0.888. The monoisotopic (exact) mass is 237 g/mol. The van der Waals surface area contributed by atoms with E-state index in [1.54, 1.807) is 4.90 Å². The second-order valence-corrected chi connectivity index (χ2v) is 4.07. The van der Waals surface area contributed by atoms with Crippen molar-refractivity contribution < 1.29 is 9.18 Å². The summed E-state index contributed by atoms with van der Waals surface area (Å²) in [4.78, 5) is 13.4. The lowest BCUT2D eigenvalue weighted by atomic mass is 10.0. The van der Waals surface area contributed by atoms with Crippen molar-refractivity contribution in [3.05, 3.63) is 0 Å². The molecule has 15 heavy (non-hydrogen) atoms. The minimum Gasteiger partial charge on any atom is -0.335 e. The first-order valence-corrected chi connectivity index (χ1v) is 5.07. The Labute approximate surface area is 94.8 Å². The molecule has 0 aromatic heterocycles. The maximum absolute atomic E-state index is 13.1. The molecule has 0 unspecified atom stereocenters. The summed E-state index contributed by atoms with van der Waals surface area (Å²) in [7, 11) is 0. The zero-order valence-corrected chi connectivity index (χ0v) is 9.30. The van der Waals surface area contributed by atoms with Gasteiger partial charge in [-0.2, -0.15) is 0 Å². The van der Waals surface area contributed by atoms with Crippen LogP contribution in [0.4, 0.5) is 4.39 Å². The highest BCUT2D eigenvalue weighted by Gasteiger charge is 2.38. The van der Waals surface area contributed by atoms with Crippen LogP contribution in [0.2, 0.25) is 0 Å². The molecule has 3 N–H and O–H groups in total. The van der Waals surface area contributed by atoms with Gasteiger partial charge in [0.25, 0.3) is 0 Å². The molecular formula is C9H17ClFN3O. The first kappa shape index (κ1) is 12.7. The van der Waals surface area contributed by atoms with E-state index >= 15 is 0 Å². The van der Waals surface area contributed by atoms with Crippen molar-refractivity contribution in [2.24, 2.45) is 11.7 Å². The average Bonchev–Trinajstić information content (AvgIpc) is 2.43. The third-order valence-corrected chi connectivity index (χ3v) is 3.05. The van der Waals surface area contributed by atoms with Gasteiger partial charge in [-0.05, 0) is 0 Å². The van der Waals surface area contributed by atoms with Gasteiger partial charge in [0.1, 0.15) is 6.17 Å². The van der Waals surface area contributed by atoms with E-state index in [1.165, 1.54) is 0 Å². The topological polar surface area (TPSA) is 58.4 Å². The molecule has 88 valence electrons. The average molecular weight is 238 g/mol. The van der Waals surface area contributed by atoms with Crippen LogP contribution in [0.15, 0.2) is 0 Å². The second kappa shape index (κ2) is 5.09. The molecule has 0 aromatic rings. The van der Waals surface area contributed by atoms with Crippen molar-refractivity contribution in [1.82, 2.24) is 10.2 Å². The summed E-state index contributed by atoms with van der Waals surface area (Å²) >= 11 is 0. The number of amides is 1. The van der Waals surface area contributed by atoms with E-state index in [9.17, 15) is 9.18 Å². The molecule has 2 aliphatic heterocycles. The highest BCUT2D eigenvalue weighted by Crippen LogP contribution is 2.22. The third kappa shape index (κ3) is 2.41. The maximum Gasteiger partial charge on any atom is 0.228 e. The van der Waals surface area contributed by atoms with Crippen LogP contribution in [0, 0.1) is 5.92 Å². The van der Waals surface area contributed by atoms with Crippen LogP contribution in [0.1, 0.15) is 6.42 Å². The third-order valence-electron chi connectivity index (χ3n) is 3.05. The number of nitrogens with zero attached hydrogens (tertiary/aromatic N) is 1. The van der Waals surface area contributed by atoms with Gasteiger partial charge in [-0.15, -0.1) is 12.4 Å². The van der Waals surface area contributed by atoms with Gasteiger partial charge < -0.3 is 16.0 Å². The summed E-state index contributed by atoms with van der Waals surface area (Å²) in [5, 5.41) is 3.04. The highest BCUT2D eigenvalue weighted by molar-refractivity contribution is 5.85. The van der Waals surface area contributed by atoms with Gasteiger partial charge in [-0.25, -0.2) is 4.39 Å². The summed E-state index contributed by atoms with van der Waals surface area (Å²) in [6, 6.07) is -0.0851. The quantitative estimate of drug-likeness (QED) is 0.683. The Balaban J connectivity index is 0.00000112. The smallest absolute Gasteiger partial charge is 0.228 e. The van der Waals surface area contributed by atoms with Gasteiger partial charge >= 0.3 is 0 Å². The lowest BCUT2D eigenvalue weighted by molar-refractivity contribution is -0.137. The molecule has 0 spiro atoms. The van der Waals surface area contributed by atoms with Crippen molar-refractivity contribution >= 4 is 18.3 Å². The molecule has 6 heteroatoms. The molecule has 2 saturated heterocycles. The van der Waals surface area contributed by atoms with Crippen LogP contribution in [0.5, 0.6) is 0 Å². The fourth-order valence-electron chi connectivity index (χ4n) is 2.05. The summed E-state index contributed by atoms with van der Waals surface area (Å²) in [5.41, 5.74) is 5.51. The lowest BCUT2D eigenvalue weighted by Gasteiger charge is -2.32. The zero-order chi connectivity index (χ0) is 10.1. The fourth-order valence-corrected chi connectivity index (χ4v) is 2.05. The Morgan fingerprint density at radius 3 is 2.67 bits per heavy atom. The number of nitrogens with two attached hydrogens (primary N) is 1. The molecule has 2 atom stereocenters. The molecule has 0 saturated carbocycles. The van der Waals surface area contributed by atoms with Crippen molar-refractivity contribution in [2.75, 3.05) is 26.2 Å². The van der Waals surface area contributed by atoms with Crippen molar-refractivity contribution in [3.8, 4) is 0 Å². The lowest BCUT2D eigenvalue weighted by Crippen LogP contribution is -2.54. The molecular weight excluding hydrogens is 221 g/mol. The summed E-state index contributed by atoms with van der Waals surface area (Å²) < 4.78 is 13.1. The Kier molecular flexibility index (Phi) is 4.31. The standard InChI is InChI=1S/C9H16FN3O.ClH/c10-7-1-8(2-11)13(5-7)9(14)6-3-12-4-6;/h6-8,12H,1-5,11H2;1H/t7-,8-;/m0./s1. The fraction of sp³-hybridized carbons (Fsp3) is 0.889. The molecule has 1 amide bonds. The van der Waals surface area contributed by atoms with E-state index in [1.807, 2.05) is 0 Å². The molecule has 2 rings (SSSR count). The van der Waals surface area contributed by atoms with Gasteiger partial charge in [0.2, 0.25) is 5.91 Å². The van der Waals surface area contributed by atoms with E-state index in [0.717, 1.165) is 13.1 Å².